The van der Waals surface area contributed by atoms with Gasteiger partial charge in [-0.2, -0.15) is 0 Å². The molecular weight excluding hydrogens is 364 g/mol. The van der Waals surface area contributed by atoms with Crippen LogP contribution in [-0.2, 0) is 16.1 Å². The van der Waals surface area contributed by atoms with Crippen LogP contribution in [0.2, 0.25) is 0 Å². The number of methoxy groups -OCH3 is 3. The number of benzene rings is 2. The summed E-state index contributed by atoms with van der Waals surface area (Å²) in [6.07, 6.45) is -0.972. The summed E-state index contributed by atoms with van der Waals surface area (Å²) in [5.41, 5.74) is 1.36. The van der Waals surface area contributed by atoms with Crippen LogP contribution in [0.15, 0.2) is 36.4 Å². The topological polar surface area (TPSA) is 95.1 Å². The quantitative estimate of drug-likeness (QED) is 0.757. The van der Waals surface area contributed by atoms with Crippen LogP contribution in [0.25, 0.3) is 0 Å². The van der Waals surface area contributed by atoms with Gasteiger partial charge in [0, 0.05) is 6.54 Å². The van der Waals surface area contributed by atoms with Gasteiger partial charge >= 0.3 is 0 Å². The molecule has 0 aromatic heterocycles. The van der Waals surface area contributed by atoms with E-state index in [0.29, 0.717) is 28.7 Å². The summed E-state index contributed by atoms with van der Waals surface area (Å²) < 4.78 is 21.5. The van der Waals surface area contributed by atoms with Crippen LogP contribution in [0.4, 0.5) is 5.69 Å². The predicted octanol–water partition coefficient (Wildman–Crippen LogP) is 2.12. The molecule has 2 N–H and O–H groups in total. The molecule has 1 aliphatic rings. The smallest absolute Gasteiger partial charge is 0.266 e. The van der Waals surface area contributed by atoms with E-state index in [-0.39, 0.29) is 24.8 Å². The van der Waals surface area contributed by atoms with E-state index >= 15 is 0 Å². The number of carbonyl (C=O) groups is 2. The predicted molar refractivity (Wildman–Crippen MR) is 102 cm³/mol. The molecule has 1 aliphatic heterocycles. The number of nitrogens with one attached hydrogen (secondary N) is 2. The molecule has 0 radical (unpaired) electrons. The second-order valence-corrected chi connectivity index (χ2v) is 6.11. The van der Waals surface area contributed by atoms with E-state index in [1.54, 1.807) is 36.4 Å². The summed E-state index contributed by atoms with van der Waals surface area (Å²) in [7, 11) is 4.57. The van der Waals surface area contributed by atoms with Gasteiger partial charge in [0.2, 0.25) is 11.7 Å². The molecule has 148 valence electrons. The van der Waals surface area contributed by atoms with Crippen molar-refractivity contribution >= 4 is 17.5 Å². The monoisotopic (exact) mass is 386 g/mol. The first-order chi connectivity index (χ1) is 13.5. The summed E-state index contributed by atoms with van der Waals surface area (Å²) in [6, 6.07) is 10.6. The van der Waals surface area contributed by atoms with Crippen molar-refractivity contribution in [3.05, 3.63) is 42.0 Å². The zero-order chi connectivity index (χ0) is 20.1. The minimum Gasteiger partial charge on any atom is -0.493 e. The minimum absolute atomic E-state index is 0.0927. The maximum absolute atomic E-state index is 12.3. The van der Waals surface area contributed by atoms with Gasteiger partial charge in [0.1, 0.15) is 5.75 Å². The van der Waals surface area contributed by atoms with Gasteiger partial charge in [-0.1, -0.05) is 12.1 Å². The minimum atomic E-state index is -0.880. The number of carbonyl (C=O) groups excluding carboxylic acids is 2. The number of hydrogen-bond acceptors (Lipinski definition) is 6. The first-order valence-electron chi connectivity index (χ1n) is 8.67. The number of anilines is 1. The van der Waals surface area contributed by atoms with E-state index in [1.165, 1.54) is 21.3 Å². The molecule has 1 atom stereocenters. The summed E-state index contributed by atoms with van der Waals surface area (Å²) in [5.74, 6) is 1.36. The summed E-state index contributed by atoms with van der Waals surface area (Å²) in [4.78, 5) is 24.5. The van der Waals surface area contributed by atoms with Crippen molar-refractivity contribution < 1.29 is 28.5 Å². The lowest BCUT2D eigenvalue weighted by molar-refractivity contribution is -0.130. The fourth-order valence-electron chi connectivity index (χ4n) is 2.91. The lowest BCUT2D eigenvalue weighted by Gasteiger charge is -2.25. The SMILES string of the molecule is COc1cc(CNC(=O)C[C@H]2Oc3ccccc3NC2=O)cc(OC)c1OC. The molecule has 0 bridgehead atoms. The molecule has 2 aromatic carbocycles. The molecule has 8 heteroatoms. The second-order valence-electron chi connectivity index (χ2n) is 6.11. The van der Waals surface area contributed by atoms with E-state index in [9.17, 15) is 9.59 Å². The molecule has 28 heavy (non-hydrogen) atoms. The number of ether oxygens (including phenoxy) is 4. The molecule has 3 rings (SSSR count). The van der Waals surface area contributed by atoms with E-state index in [2.05, 4.69) is 10.6 Å². The average molecular weight is 386 g/mol. The lowest BCUT2D eigenvalue weighted by Crippen LogP contribution is -2.40. The largest absolute Gasteiger partial charge is 0.493 e. The van der Waals surface area contributed by atoms with Gasteiger partial charge in [0.15, 0.2) is 17.6 Å². The molecule has 0 saturated carbocycles. The van der Waals surface area contributed by atoms with E-state index in [1.807, 2.05) is 0 Å². The summed E-state index contributed by atoms with van der Waals surface area (Å²) >= 11 is 0. The van der Waals surface area contributed by atoms with Gasteiger partial charge in [-0.15, -0.1) is 0 Å². The third kappa shape index (κ3) is 4.11. The first-order valence-corrected chi connectivity index (χ1v) is 8.67. The molecule has 0 fully saturated rings. The second kappa shape index (κ2) is 8.51. The van der Waals surface area contributed by atoms with Gasteiger partial charge in [-0.25, -0.2) is 0 Å². The number of fused-ring (bicyclic) bond motifs is 1. The van der Waals surface area contributed by atoms with Crippen molar-refractivity contribution in [1.29, 1.82) is 0 Å². The molecule has 0 spiro atoms. The van der Waals surface area contributed by atoms with Crippen LogP contribution in [0.1, 0.15) is 12.0 Å². The normalized spacial score (nSPS) is 15.0. The first kappa shape index (κ1) is 19.3. The Balaban J connectivity index is 1.63. The van der Waals surface area contributed by atoms with Crippen molar-refractivity contribution in [2.24, 2.45) is 0 Å². The fraction of sp³-hybridized carbons (Fsp3) is 0.300. The standard InChI is InChI=1S/C20H22N2O6/c1-25-15-8-12(9-16(26-2)19(15)27-3)11-21-18(23)10-17-20(24)22-13-6-4-5-7-14(13)28-17/h4-9,17H,10-11H2,1-3H3,(H,21,23)(H,22,24)/t17-/m1/s1. The molecule has 1 heterocycles. The zero-order valence-corrected chi connectivity index (χ0v) is 15.9. The van der Waals surface area contributed by atoms with Crippen molar-refractivity contribution in [3.8, 4) is 23.0 Å². The summed E-state index contributed by atoms with van der Waals surface area (Å²) in [5, 5.41) is 5.52. The highest BCUT2D eigenvalue weighted by molar-refractivity contribution is 5.99. The number of amides is 2. The third-order valence-corrected chi connectivity index (χ3v) is 4.29. The van der Waals surface area contributed by atoms with Crippen LogP contribution in [0.5, 0.6) is 23.0 Å². The van der Waals surface area contributed by atoms with E-state index in [4.69, 9.17) is 18.9 Å². The van der Waals surface area contributed by atoms with Crippen molar-refractivity contribution in [1.82, 2.24) is 5.32 Å². The van der Waals surface area contributed by atoms with Gasteiger partial charge in [0.25, 0.3) is 5.91 Å². The highest BCUT2D eigenvalue weighted by Crippen LogP contribution is 2.38. The average Bonchev–Trinajstić information content (AvgIpc) is 2.71. The molecule has 0 aliphatic carbocycles. The highest BCUT2D eigenvalue weighted by Gasteiger charge is 2.29. The number of para-hydroxylation sites is 2. The maximum atomic E-state index is 12.3. The lowest BCUT2D eigenvalue weighted by atomic mass is 10.1. The number of rotatable bonds is 7. The molecule has 2 aromatic rings. The Hall–Kier alpha value is -3.42. The van der Waals surface area contributed by atoms with Gasteiger partial charge in [-0.05, 0) is 29.8 Å². The van der Waals surface area contributed by atoms with Gasteiger partial charge < -0.3 is 29.6 Å². The van der Waals surface area contributed by atoms with Crippen molar-refractivity contribution in [3.63, 3.8) is 0 Å². The fourth-order valence-corrected chi connectivity index (χ4v) is 2.91. The Morgan fingerprint density at radius 3 is 2.43 bits per heavy atom. The zero-order valence-electron chi connectivity index (χ0n) is 15.9. The van der Waals surface area contributed by atoms with Crippen LogP contribution >= 0.6 is 0 Å². The van der Waals surface area contributed by atoms with Crippen LogP contribution in [0, 0.1) is 0 Å². The third-order valence-electron chi connectivity index (χ3n) is 4.29. The van der Waals surface area contributed by atoms with Crippen LogP contribution in [0.3, 0.4) is 0 Å². The molecule has 2 amide bonds. The van der Waals surface area contributed by atoms with Crippen molar-refractivity contribution in [2.45, 2.75) is 19.1 Å². The van der Waals surface area contributed by atoms with Crippen LogP contribution < -0.4 is 29.6 Å². The molecule has 8 nitrogen and oxygen atoms in total. The highest BCUT2D eigenvalue weighted by atomic mass is 16.5. The Bertz CT molecular complexity index is 858. The Kier molecular flexibility index (Phi) is 5.88. The van der Waals surface area contributed by atoms with Crippen LogP contribution in [-0.4, -0.2) is 39.2 Å². The van der Waals surface area contributed by atoms with E-state index < -0.39 is 6.10 Å². The number of hydrogen-bond donors (Lipinski definition) is 2. The summed E-state index contributed by atoms with van der Waals surface area (Å²) in [6.45, 7) is 0.237. The Morgan fingerprint density at radius 1 is 1.11 bits per heavy atom. The molecule has 0 unspecified atom stereocenters. The maximum Gasteiger partial charge on any atom is 0.266 e. The molecular formula is C20H22N2O6. The Morgan fingerprint density at radius 2 is 1.79 bits per heavy atom. The van der Waals surface area contributed by atoms with Gasteiger partial charge in [0.05, 0.1) is 33.4 Å². The van der Waals surface area contributed by atoms with E-state index in [0.717, 1.165) is 5.56 Å². The Labute approximate surface area is 162 Å². The van der Waals surface area contributed by atoms with Crippen molar-refractivity contribution in [2.75, 3.05) is 26.6 Å². The van der Waals surface area contributed by atoms with Gasteiger partial charge in [-0.3, -0.25) is 9.59 Å². The molecule has 0 saturated heterocycles.